The van der Waals surface area contributed by atoms with Gasteiger partial charge in [-0.2, -0.15) is 5.10 Å². The number of hydrogen-bond donors (Lipinski definition) is 2. The van der Waals surface area contributed by atoms with E-state index < -0.39 is 12.0 Å². The number of benzene rings is 1. The third-order valence-electron chi connectivity index (χ3n) is 6.41. The number of carbonyl (C=O) groups excluding carboxylic acids is 1. The van der Waals surface area contributed by atoms with Gasteiger partial charge in [0.05, 0.1) is 24.4 Å². The molecule has 0 fully saturated rings. The van der Waals surface area contributed by atoms with Crippen LogP contribution in [0.4, 0.5) is 11.5 Å². The zero-order valence-electron chi connectivity index (χ0n) is 22.6. The summed E-state index contributed by atoms with van der Waals surface area (Å²) in [6.07, 6.45) is 3.66. The van der Waals surface area contributed by atoms with Gasteiger partial charge in [-0.05, 0) is 76.6 Å². The SMILES string of the molecule is CC(=O)N1CCC(Nc2cccc(C)n2)c2cc(-c3cnn(CCN(C)C(O)OC(C)(C)C)c3)ccc21. The first-order valence-electron chi connectivity index (χ1n) is 12.7. The van der Waals surface area contributed by atoms with Crippen LogP contribution >= 0.6 is 0 Å². The number of anilines is 2. The summed E-state index contributed by atoms with van der Waals surface area (Å²) in [6.45, 7) is 11.2. The summed E-state index contributed by atoms with van der Waals surface area (Å²) in [5.74, 6) is 0.864. The van der Waals surface area contributed by atoms with Crippen LogP contribution in [-0.2, 0) is 16.1 Å². The van der Waals surface area contributed by atoms with Gasteiger partial charge in [-0.1, -0.05) is 12.1 Å². The van der Waals surface area contributed by atoms with Crippen LogP contribution in [0.3, 0.4) is 0 Å². The van der Waals surface area contributed by atoms with Gasteiger partial charge in [0.25, 0.3) is 0 Å². The molecule has 0 spiro atoms. The van der Waals surface area contributed by atoms with E-state index in [4.69, 9.17) is 4.74 Å². The molecule has 2 unspecified atom stereocenters. The lowest BCUT2D eigenvalue weighted by Gasteiger charge is -2.34. The Bertz CT molecular complexity index is 1230. The van der Waals surface area contributed by atoms with Crippen molar-refractivity contribution in [3.05, 3.63) is 60.0 Å². The number of hydrogen-bond acceptors (Lipinski definition) is 7. The molecule has 198 valence electrons. The number of nitrogens with zero attached hydrogens (tertiary/aromatic N) is 5. The molecule has 2 atom stereocenters. The lowest BCUT2D eigenvalue weighted by Crippen LogP contribution is -2.40. The summed E-state index contributed by atoms with van der Waals surface area (Å²) < 4.78 is 7.48. The van der Waals surface area contributed by atoms with E-state index in [1.807, 2.05) is 87.0 Å². The number of aryl methyl sites for hydroxylation is 1. The highest BCUT2D eigenvalue weighted by atomic mass is 16.6. The van der Waals surface area contributed by atoms with Gasteiger partial charge in [0.15, 0.2) is 0 Å². The Morgan fingerprint density at radius 1 is 1.27 bits per heavy atom. The van der Waals surface area contributed by atoms with Crippen LogP contribution in [0, 0.1) is 6.92 Å². The molecule has 0 bridgehead atoms. The Morgan fingerprint density at radius 3 is 2.76 bits per heavy atom. The Labute approximate surface area is 219 Å². The first-order chi connectivity index (χ1) is 17.5. The van der Waals surface area contributed by atoms with Gasteiger partial charge in [-0.15, -0.1) is 0 Å². The van der Waals surface area contributed by atoms with Crippen LogP contribution < -0.4 is 10.2 Å². The van der Waals surface area contributed by atoms with Gasteiger partial charge in [-0.25, -0.2) is 4.98 Å². The van der Waals surface area contributed by atoms with Gasteiger partial charge in [0.1, 0.15) is 5.82 Å². The van der Waals surface area contributed by atoms with E-state index in [9.17, 15) is 9.90 Å². The predicted octanol–water partition coefficient (Wildman–Crippen LogP) is 4.19. The van der Waals surface area contributed by atoms with Crippen molar-refractivity contribution in [3.8, 4) is 11.1 Å². The molecule has 1 aliphatic heterocycles. The fourth-order valence-corrected chi connectivity index (χ4v) is 4.48. The number of aromatic nitrogens is 3. The molecule has 4 rings (SSSR count). The van der Waals surface area contributed by atoms with Gasteiger partial charge in [-0.3, -0.25) is 14.4 Å². The van der Waals surface area contributed by atoms with Gasteiger partial charge >= 0.3 is 0 Å². The van der Waals surface area contributed by atoms with Crippen molar-refractivity contribution >= 4 is 17.4 Å². The van der Waals surface area contributed by atoms with Crippen LogP contribution in [0.15, 0.2) is 48.8 Å². The zero-order valence-corrected chi connectivity index (χ0v) is 22.6. The molecule has 1 amide bonds. The van der Waals surface area contributed by atoms with Crippen LogP contribution in [0.5, 0.6) is 0 Å². The van der Waals surface area contributed by atoms with Crippen LogP contribution in [0.2, 0.25) is 0 Å². The molecular formula is C28H38N6O3. The van der Waals surface area contributed by atoms with Crippen LogP contribution in [0.1, 0.15) is 51.4 Å². The number of carbonyl (C=O) groups is 1. The summed E-state index contributed by atoms with van der Waals surface area (Å²) in [6, 6.07) is 12.2. The molecule has 1 aromatic carbocycles. The minimum absolute atomic E-state index is 0.0350. The number of aliphatic hydroxyl groups excluding tert-OH is 1. The number of nitrogens with one attached hydrogen (secondary N) is 1. The number of ether oxygens (including phenoxy) is 1. The van der Waals surface area contributed by atoms with Crippen molar-refractivity contribution in [3.63, 3.8) is 0 Å². The maximum atomic E-state index is 12.3. The van der Waals surface area contributed by atoms with Crippen molar-refractivity contribution in [1.82, 2.24) is 19.7 Å². The minimum Gasteiger partial charge on any atom is -0.363 e. The van der Waals surface area contributed by atoms with Crippen molar-refractivity contribution in [2.24, 2.45) is 0 Å². The summed E-state index contributed by atoms with van der Waals surface area (Å²) >= 11 is 0. The molecule has 1 aliphatic rings. The van der Waals surface area contributed by atoms with E-state index in [2.05, 4.69) is 21.5 Å². The van der Waals surface area contributed by atoms with Gasteiger partial charge in [0.2, 0.25) is 12.3 Å². The topological polar surface area (TPSA) is 95.8 Å². The van der Waals surface area contributed by atoms with E-state index in [-0.39, 0.29) is 11.9 Å². The van der Waals surface area contributed by atoms with Crippen molar-refractivity contribution in [1.29, 1.82) is 0 Å². The molecule has 0 saturated heterocycles. The number of fused-ring (bicyclic) bond motifs is 1. The zero-order chi connectivity index (χ0) is 26.7. The molecule has 9 heteroatoms. The van der Waals surface area contributed by atoms with E-state index >= 15 is 0 Å². The van der Waals surface area contributed by atoms with Crippen molar-refractivity contribution in [2.45, 2.75) is 65.6 Å². The maximum Gasteiger partial charge on any atom is 0.223 e. The van der Waals surface area contributed by atoms with E-state index in [0.717, 1.165) is 40.3 Å². The highest BCUT2D eigenvalue weighted by Gasteiger charge is 2.28. The second-order valence-electron chi connectivity index (χ2n) is 10.6. The molecule has 2 aromatic heterocycles. The third-order valence-corrected chi connectivity index (χ3v) is 6.41. The van der Waals surface area contributed by atoms with Crippen molar-refractivity contribution in [2.75, 3.05) is 30.4 Å². The van der Waals surface area contributed by atoms with E-state index in [0.29, 0.717) is 19.6 Å². The summed E-state index contributed by atoms with van der Waals surface area (Å²) in [4.78, 5) is 20.5. The molecule has 3 heterocycles. The molecular weight excluding hydrogens is 468 g/mol. The van der Waals surface area contributed by atoms with Gasteiger partial charge < -0.3 is 20.1 Å². The Morgan fingerprint density at radius 2 is 2.05 bits per heavy atom. The standard InChI is InChI=1S/C28H38N6O3/c1-19-8-7-9-26(30-19)31-24-12-13-34(20(2)35)25-11-10-21(16-23(24)25)22-17-29-33(18-22)15-14-32(6)27(36)37-28(3,4)5/h7-11,16-18,24,27,36H,12-15H2,1-6H3,(H,30,31). The molecule has 3 aromatic rings. The average Bonchev–Trinajstić information content (AvgIpc) is 3.30. The summed E-state index contributed by atoms with van der Waals surface area (Å²) in [7, 11) is 1.82. The number of likely N-dealkylation sites (N-methyl/N-ethyl adjacent to an activating group) is 1. The molecule has 2 N–H and O–H groups in total. The highest BCUT2D eigenvalue weighted by Crippen LogP contribution is 2.38. The fourth-order valence-electron chi connectivity index (χ4n) is 4.48. The highest BCUT2D eigenvalue weighted by molar-refractivity contribution is 5.93. The quantitative estimate of drug-likeness (QED) is 0.443. The predicted molar refractivity (Wildman–Crippen MR) is 145 cm³/mol. The lowest BCUT2D eigenvalue weighted by molar-refractivity contribution is -0.233. The fraction of sp³-hybridized carbons (Fsp3) is 0.464. The summed E-state index contributed by atoms with van der Waals surface area (Å²) in [5.41, 5.74) is 4.54. The first-order valence-corrected chi connectivity index (χ1v) is 12.7. The Balaban J connectivity index is 1.52. The Hall–Kier alpha value is -3.27. The number of pyridine rings is 1. The third kappa shape index (κ3) is 6.74. The molecule has 9 nitrogen and oxygen atoms in total. The number of amides is 1. The Kier molecular flexibility index (Phi) is 7.96. The second kappa shape index (κ2) is 11.0. The number of aliphatic hydroxyl groups is 1. The van der Waals surface area contributed by atoms with Crippen molar-refractivity contribution < 1.29 is 14.6 Å². The van der Waals surface area contributed by atoms with E-state index in [1.54, 1.807) is 11.8 Å². The van der Waals surface area contributed by atoms with Crippen LogP contribution in [0.25, 0.3) is 11.1 Å². The summed E-state index contributed by atoms with van der Waals surface area (Å²) in [5, 5.41) is 18.4. The lowest BCUT2D eigenvalue weighted by atomic mass is 9.93. The largest absolute Gasteiger partial charge is 0.363 e. The monoisotopic (exact) mass is 506 g/mol. The number of rotatable bonds is 8. The molecule has 0 saturated carbocycles. The first kappa shape index (κ1) is 26.8. The minimum atomic E-state index is -0.979. The normalized spacial score (nSPS) is 16.5. The van der Waals surface area contributed by atoms with E-state index in [1.165, 1.54) is 0 Å². The van der Waals surface area contributed by atoms with Crippen LogP contribution in [-0.4, -0.2) is 62.8 Å². The molecule has 37 heavy (non-hydrogen) atoms. The van der Waals surface area contributed by atoms with Gasteiger partial charge in [0, 0.05) is 43.2 Å². The average molecular weight is 507 g/mol. The second-order valence-corrected chi connectivity index (χ2v) is 10.6. The smallest absolute Gasteiger partial charge is 0.223 e. The maximum absolute atomic E-state index is 12.3. The molecule has 0 radical (unpaired) electrons. The molecule has 0 aliphatic carbocycles.